The van der Waals surface area contributed by atoms with Crippen LogP contribution in [0, 0.1) is 10.8 Å². The van der Waals surface area contributed by atoms with E-state index in [9.17, 15) is 29.1 Å². The van der Waals surface area contributed by atoms with Crippen molar-refractivity contribution in [2.45, 2.75) is 136 Å². The minimum atomic E-state index is -1.07. The Bertz CT molecular complexity index is 2250. The number of aliphatic carboxylic acids is 1. The molecule has 0 saturated heterocycles. The summed E-state index contributed by atoms with van der Waals surface area (Å²) in [5, 5.41) is 22.5. The third-order valence-corrected chi connectivity index (χ3v) is 14.1. The lowest BCUT2D eigenvalue weighted by atomic mass is 9.80. The molecule has 0 radical (unpaired) electrons. The van der Waals surface area contributed by atoms with Crippen LogP contribution in [0.1, 0.15) is 143 Å². The second-order valence-electron chi connectivity index (χ2n) is 17.8. The topological polar surface area (TPSA) is 154 Å². The van der Waals surface area contributed by atoms with Gasteiger partial charge in [-0.25, -0.2) is 4.79 Å². The fraction of sp³-hybridized carbons (Fsp3) is 0.442. The average molecular weight is 981 g/mol. The van der Waals surface area contributed by atoms with Crippen LogP contribution in [0.3, 0.4) is 0 Å². The summed E-state index contributed by atoms with van der Waals surface area (Å²) in [6.45, 7) is 6.32. The van der Waals surface area contributed by atoms with Gasteiger partial charge in [-0.15, -0.1) is 0 Å². The highest BCUT2D eigenvalue weighted by Gasteiger charge is 2.42. The number of hydrogen-bond acceptors (Lipinski definition) is 5. The van der Waals surface area contributed by atoms with Gasteiger partial charge in [0, 0.05) is 34.7 Å². The van der Waals surface area contributed by atoms with Crippen LogP contribution >= 0.6 is 46.4 Å². The van der Waals surface area contributed by atoms with Crippen molar-refractivity contribution in [1.82, 2.24) is 10.6 Å². The normalized spacial score (nSPS) is 15.7. The molecular formula is C52H62Cl4N4O6. The molecule has 2 saturated carbocycles. The van der Waals surface area contributed by atoms with E-state index in [1.807, 2.05) is 24.3 Å². The molecule has 4 aromatic carbocycles. The first-order valence-electron chi connectivity index (χ1n) is 23.1. The highest BCUT2D eigenvalue weighted by molar-refractivity contribution is 6.41. The Kier molecular flexibility index (Phi) is 19.8. The highest BCUT2D eigenvalue weighted by atomic mass is 35.5. The Hall–Kier alpha value is -4.61. The number of nitrogens with one attached hydrogen (secondary N) is 4. The lowest BCUT2D eigenvalue weighted by molar-refractivity contribution is -0.144. The zero-order chi connectivity index (χ0) is 47.9. The zero-order valence-electron chi connectivity index (χ0n) is 38.1. The third-order valence-electron chi connectivity index (χ3n) is 12.9. The Balaban J connectivity index is 0.000000248. The van der Waals surface area contributed by atoms with Gasteiger partial charge in [0.2, 0.25) is 11.8 Å². The predicted molar refractivity (Wildman–Crippen MR) is 267 cm³/mol. The first-order chi connectivity index (χ1) is 31.6. The van der Waals surface area contributed by atoms with Gasteiger partial charge in [-0.1, -0.05) is 148 Å². The SMILES string of the molecule is CCCCC1(C(=O)NC(C)Cc2ccc(NC(=O)c3c(Cl)cccc3Cl)cc2)CCCC1.CCCCC1(C(=O)NC(Cc2ccc(NC(=O)c3c(Cl)cccc3Cl)cc2)C(=O)O)CCCC1. The molecule has 6 rings (SSSR count). The maximum absolute atomic E-state index is 13.1. The molecule has 2 aliphatic rings. The molecule has 4 aromatic rings. The van der Waals surface area contributed by atoms with Gasteiger partial charge in [-0.2, -0.15) is 0 Å². The Morgan fingerprint density at radius 1 is 0.561 bits per heavy atom. The number of carboxylic acids is 1. The molecule has 2 unspecified atom stereocenters. The van der Waals surface area contributed by atoms with E-state index in [0.29, 0.717) is 21.4 Å². The number of carbonyl (C=O) groups is 5. The second-order valence-corrected chi connectivity index (χ2v) is 19.5. The molecule has 0 heterocycles. The minimum Gasteiger partial charge on any atom is -0.480 e. The molecule has 2 fully saturated rings. The summed E-state index contributed by atoms with van der Waals surface area (Å²) in [4.78, 5) is 63.2. The molecule has 354 valence electrons. The monoisotopic (exact) mass is 978 g/mol. The van der Waals surface area contributed by atoms with Crippen LogP contribution in [-0.2, 0) is 27.2 Å². The number of unbranched alkanes of at least 4 members (excludes halogenated alkanes) is 2. The number of carboxylic acid groups (broad SMARTS) is 1. The van der Waals surface area contributed by atoms with Gasteiger partial charge in [-0.3, -0.25) is 19.2 Å². The van der Waals surface area contributed by atoms with E-state index in [0.717, 1.165) is 107 Å². The summed E-state index contributed by atoms with van der Waals surface area (Å²) < 4.78 is 0. The summed E-state index contributed by atoms with van der Waals surface area (Å²) in [7, 11) is 0. The molecule has 5 N–H and O–H groups in total. The standard InChI is InChI=1S/C26H30Cl2N2O4.C26H32Cl2N2O2/c1-2-3-13-26(14-4-5-15-26)25(34)30-21(24(32)33)16-17-9-11-18(12-10-17)29-23(31)22-19(27)7-6-8-20(22)28;1-3-4-14-26(15-5-6-16-26)25(32)29-18(2)17-19-10-12-20(13-11-19)30-24(31)23-21(27)8-7-9-22(23)28/h6-12,21H,2-5,13-16H2,1H3,(H,29,31)(H,30,34)(H,32,33);7-13,18H,3-6,14-17H2,1-2H3,(H,29,32)(H,30,31). The molecule has 10 nitrogen and oxygen atoms in total. The lowest BCUT2D eigenvalue weighted by Gasteiger charge is -2.29. The van der Waals surface area contributed by atoms with E-state index in [1.54, 1.807) is 60.7 Å². The molecule has 14 heteroatoms. The van der Waals surface area contributed by atoms with E-state index < -0.39 is 23.3 Å². The number of anilines is 2. The van der Waals surface area contributed by atoms with Crippen molar-refractivity contribution in [3.05, 3.63) is 127 Å². The van der Waals surface area contributed by atoms with E-state index in [1.165, 1.54) is 0 Å². The zero-order valence-corrected chi connectivity index (χ0v) is 41.1. The number of rotatable bonds is 19. The van der Waals surface area contributed by atoms with Crippen molar-refractivity contribution in [3.63, 3.8) is 0 Å². The minimum absolute atomic E-state index is 0.0453. The molecule has 0 aromatic heterocycles. The van der Waals surface area contributed by atoms with Gasteiger partial charge < -0.3 is 26.4 Å². The van der Waals surface area contributed by atoms with Crippen LogP contribution in [0.2, 0.25) is 20.1 Å². The van der Waals surface area contributed by atoms with Gasteiger partial charge in [0.05, 0.1) is 31.2 Å². The predicted octanol–water partition coefficient (Wildman–Crippen LogP) is 13.2. The van der Waals surface area contributed by atoms with E-state index in [4.69, 9.17) is 46.4 Å². The largest absolute Gasteiger partial charge is 0.480 e. The third kappa shape index (κ3) is 14.2. The molecule has 2 aliphatic carbocycles. The summed E-state index contributed by atoms with van der Waals surface area (Å²) in [5.41, 5.74) is 2.85. The number of halogens is 4. The smallest absolute Gasteiger partial charge is 0.326 e. The van der Waals surface area contributed by atoms with Crippen LogP contribution in [-0.4, -0.2) is 46.8 Å². The van der Waals surface area contributed by atoms with Crippen LogP contribution in [0.5, 0.6) is 0 Å². The van der Waals surface area contributed by atoms with Gasteiger partial charge >= 0.3 is 5.97 Å². The Labute approximate surface area is 409 Å². The molecular weight excluding hydrogens is 918 g/mol. The molecule has 0 spiro atoms. The van der Waals surface area contributed by atoms with E-state index in [-0.39, 0.29) is 56.8 Å². The Morgan fingerprint density at radius 2 is 0.924 bits per heavy atom. The molecule has 2 atom stereocenters. The fourth-order valence-electron chi connectivity index (χ4n) is 9.11. The fourth-order valence-corrected chi connectivity index (χ4v) is 10.2. The van der Waals surface area contributed by atoms with E-state index in [2.05, 4.69) is 42.0 Å². The molecule has 66 heavy (non-hydrogen) atoms. The molecule has 0 aliphatic heterocycles. The number of amides is 4. The summed E-state index contributed by atoms with van der Waals surface area (Å²) >= 11 is 24.4. The lowest BCUT2D eigenvalue weighted by Crippen LogP contribution is -2.48. The highest BCUT2D eigenvalue weighted by Crippen LogP contribution is 2.44. The number of hydrogen-bond donors (Lipinski definition) is 5. The van der Waals surface area contributed by atoms with E-state index >= 15 is 0 Å². The van der Waals surface area contributed by atoms with Crippen molar-refractivity contribution >= 4 is 87.4 Å². The molecule has 0 bridgehead atoms. The van der Waals surface area contributed by atoms with Crippen LogP contribution in [0.25, 0.3) is 0 Å². The van der Waals surface area contributed by atoms with Crippen molar-refractivity contribution in [2.24, 2.45) is 10.8 Å². The van der Waals surface area contributed by atoms with Gasteiger partial charge in [0.1, 0.15) is 6.04 Å². The van der Waals surface area contributed by atoms with Crippen molar-refractivity contribution in [1.29, 1.82) is 0 Å². The summed E-state index contributed by atoms with van der Waals surface area (Å²) in [5.74, 6) is -1.78. The maximum atomic E-state index is 13.1. The first kappa shape index (κ1) is 52.4. The second kappa shape index (κ2) is 25.0. The maximum Gasteiger partial charge on any atom is 0.326 e. The summed E-state index contributed by atoms with van der Waals surface area (Å²) in [6, 6.07) is 23.3. The van der Waals surface area contributed by atoms with Crippen LogP contribution in [0.15, 0.2) is 84.9 Å². The quantitative estimate of drug-likeness (QED) is 0.0630. The van der Waals surface area contributed by atoms with Gasteiger partial charge in [0.25, 0.3) is 11.8 Å². The van der Waals surface area contributed by atoms with Crippen molar-refractivity contribution in [3.8, 4) is 0 Å². The number of benzene rings is 4. The van der Waals surface area contributed by atoms with Gasteiger partial charge in [-0.05, 0) is 112 Å². The Morgan fingerprint density at radius 3 is 1.29 bits per heavy atom. The number of carbonyl (C=O) groups excluding carboxylic acids is 4. The van der Waals surface area contributed by atoms with Crippen molar-refractivity contribution in [2.75, 3.05) is 10.6 Å². The van der Waals surface area contributed by atoms with Crippen molar-refractivity contribution < 1.29 is 29.1 Å². The van der Waals surface area contributed by atoms with Crippen LogP contribution in [0.4, 0.5) is 11.4 Å². The average Bonchev–Trinajstić information content (AvgIpc) is 3.98. The molecule has 4 amide bonds. The van der Waals surface area contributed by atoms with Gasteiger partial charge in [0.15, 0.2) is 0 Å². The summed E-state index contributed by atoms with van der Waals surface area (Å²) in [6.07, 6.45) is 14.8. The first-order valence-corrected chi connectivity index (χ1v) is 24.6. The van der Waals surface area contributed by atoms with Crippen LogP contribution < -0.4 is 21.3 Å².